The first-order chi connectivity index (χ1) is 13.5. The van der Waals surface area contributed by atoms with Crippen LogP contribution >= 0.6 is 23.2 Å². The summed E-state index contributed by atoms with van der Waals surface area (Å²) in [5, 5.41) is 9.93. The van der Waals surface area contributed by atoms with Gasteiger partial charge >= 0.3 is 0 Å². The van der Waals surface area contributed by atoms with Crippen LogP contribution in [0.1, 0.15) is 38.5 Å². The average molecular weight is 428 g/mol. The summed E-state index contributed by atoms with van der Waals surface area (Å²) in [5.41, 5.74) is 2.66. The summed E-state index contributed by atoms with van der Waals surface area (Å²) >= 11 is 12.1. The van der Waals surface area contributed by atoms with E-state index in [2.05, 4.69) is 4.90 Å². The van der Waals surface area contributed by atoms with Crippen molar-refractivity contribution < 1.29 is 14.8 Å². The van der Waals surface area contributed by atoms with E-state index in [4.69, 9.17) is 28.4 Å². The molecular formula is C20H27Cl2N3O3. The molecule has 8 heteroatoms. The van der Waals surface area contributed by atoms with Crippen molar-refractivity contribution in [3.05, 3.63) is 28.2 Å². The lowest BCUT2D eigenvalue weighted by Gasteiger charge is -2.38. The van der Waals surface area contributed by atoms with Crippen LogP contribution in [0, 0.1) is 11.8 Å². The van der Waals surface area contributed by atoms with E-state index in [0.717, 1.165) is 24.9 Å². The number of rotatable bonds is 6. The Morgan fingerprint density at radius 3 is 2.39 bits per heavy atom. The Morgan fingerprint density at radius 1 is 1.11 bits per heavy atom. The lowest BCUT2D eigenvalue weighted by Crippen LogP contribution is -2.51. The van der Waals surface area contributed by atoms with Crippen LogP contribution < -0.4 is 10.4 Å². The Hall–Kier alpha value is -1.50. The zero-order valence-corrected chi connectivity index (χ0v) is 17.4. The highest BCUT2D eigenvalue weighted by Gasteiger charge is 2.32. The SMILES string of the molecule is O=C(CC(CC1CCCC1)C(=O)N1CCN(c2ccc(Cl)c(Cl)c2)CC1)NO. The standard InChI is InChI=1S/C20H27Cl2N3O3/c21-17-6-5-16(13-18(17)22)24-7-9-25(10-8-24)20(27)15(12-19(26)23-28)11-14-3-1-2-4-14/h5-6,13-15,28H,1-4,7-12H2,(H,23,26). The number of hydrogen-bond donors (Lipinski definition) is 2. The first-order valence-electron chi connectivity index (χ1n) is 9.89. The summed E-state index contributed by atoms with van der Waals surface area (Å²) in [4.78, 5) is 28.8. The number of benzene rings is 1. The van der Waals surface area contributed by atoms with E-state index in [9.17, 15) is 9.59 Å². The summed E-state index contributed by atoms with van der Waals surface area (Å²) in [5.74, 6) is -0.347. The van der Waals surface area contributed by atoms with Crippen molar-refractivity contribution in [2.45, 2.75) is 38.5 Å². The number of anilines is 1. The van der Waals surface area contributed by atoms with Gasteiger partial charge in [0.1, 0.15) is 0 Å². The van der Waals surface area contributed by atoms with Gasteiger partial charge in [-0.2, -0.15) is 0 Å². The number of amides is 2. The number of nitrogens with one attached hydrogen (secondary N) is 1. The van der Waals surface area contributed by atoms with E-state index in [0.29, 0.717) is 42.1 Å². The topological polar surface area (TPSA) is 72.9 Å². The molecule has 1 saturated carbocycles. The molecule has 1 saturated heterocycles. The van der Waals surface area contributed by atoms with E-state index in [1.807, 2.05) is 17.0 Å². The first kappa shape index (κ1) is 21.2. The summed E-state index contributed by atoms with van der Waals surface area (Å²) in [6.45, 7) is 2.60. The third-order valence-electron chi connectivity index (χ3n) is 5.86. The third-order valence-corrected chi connectivity index (χ3v) is 6.60. The van der Waals surface area contributed by atoms with Crippen LogP contribution in [-0.4, -0.2) is 48.1 Å². The molecule has 2 N–H and O–H groups in total. The molecule has 0 spiro atoms. The number of hydroxylamine groups is 1. The average Bonchev–Trinajstić information content (AvgIpc) is 3.22. The van der Waals surface area contributed by atoms with Gasteiger partial charge in [0.15, 0.2) is 0 Å². The van der Waals surface area contributed by atoms with Crippen LogP contribution in [0.2, 0.25) is 10.0 Å². The predicted molar refractivity (Wildman–Crippen MR) is 110 cm³/mol. The van der Waals surface area contributed by atoms with Crippen LogP contribution in [0.25, 0.3) is 0 Å². The fourth-order valence-corrected chi connectivity index (χ4v) is 4.61. The summed E-state index contributed by atoms with van der Waals surface area (Å²) in [7, 11) is 0. The summed E-state index contributed by atoms with van der Waals surface area (Å²) in [6.07, 6.45) is 5.39. The molecule has 1 aromatic rings. The highest BCUT2D eigenvalue weighted by atomic mass is 35.5. The fraction of sp³-hybridized carbons (Fsp3) is 0.600. The number of nitrogens with zero attached hydrogens (tertiary/aromatic N) is 2. The molecule has 154 valence electrons. The molecule has 6 nitrogen and oxygen atoms in total. The molecule has 2 amide bonds. The van der Waals surface area contributed by atoms with Gasteiger partial charge in [0.2, 0.25) is 11.8 Å². The van der Waals surface area contributed by atoms with E-state index < -0.39 is 5.91 Å². The summed E-state index contributed by atoms with van der Waals surface area (Å²) in [6, 6.07) is 5.55. The van der Waals surface area contributed by atoms with Crippen molar-refractivity contribution in [1.29, 1.82) is 0 Å². The van der Waals surface area contributed by atoms with Crippen molar-refractivity contribution in [2.24, 2.45) is 11.8 Å². The number of carbonyl (C=O) groups excluding carboxylic acids is 2. The van der Waals surface area contributed by atoms with Crippen molar-refractivity contribution >= 4 is 40.7 Å². The Balaban J connectivity index is 1.60. The van der Waals surface area contributed by atoms with Gasteiger partial charge in [-0.1, -0.05) is 48.9 Å². The van der Waals surface area contributed by atoms with Crippen molar-refractivity contribution in [2.75, 3.05) is 31.1 Å². The van der Waals surface area contributed by atoms with Crippen molar-refractivity contribution in [3.8, 4) is 0 Å². The fourth-order valence-electron chi connectivity index (χ4n) is 4.31. The molecular weight excluding hydrogens is 401 g/mol. The van der Waals surface area contributed by atoms with Gasteiger partial charge in [-0.05, 0) is 30.5 Å². The quantitative estimate of drug-likeness (QED) is 0.535. The molecule has 28 heavy (non-hydrogen) atoms. The number of carbonyl (C=O) groups is 2. The molecule has 1 unspecified atom stereocenters. The predicted octanol–water partition coefficient (Wildman–Crippen LogP) is 3.73. The maximum atomic E-state index is 13.1. The molecule has 2 fully saturated rings. The zero-order chi connectivity index (χ0) is 20.1. The van der Waals surface area contributed by atoms with E-state index in [1.54, 1.807) is 11.5 Å². The lowest BCUT2D eigenvalue weighted by atomic mass is 9.89. The molecule has 2 aliphatic rings. The van der Waals surface area contributed by atoms with Gasteiger partial charge in [-0.25, -0.2) is 5.48 Å². The molecule has 0 bridgehead atoms. The molecule has 1 aromatic carbocycles. The molecule has 0 radical (unpaired) electrons. The second kappa shape index (κ2) is 9.81. The molecule has 3 rings (SSSR count). The Kier molecular flexibility index (Phi) is 7.43. The highest BCUT2D eigenvalue weighted by Crippen LogP contribution is 2.33. The van der Waals surface area contributed by atoms with E-state index in [1.165, 1.54) is 12.8 Å². The second-order valence-electron chi connectivity index (χ2n) is 7.73. The first-order valence-corrected chi connectivity index (χ1v) is 10.6. The maximum absolute atomic E-state index is 13.1. The van der Waals surface area contributed by atoms with Crippen LogP contribution in [0.5, 0.6) is 0 Å². The number of piperazine rings is 1. The van der Waals surface area contributed by atoms with Crippen molar-refractivity contribution in [1.82, 2.24) is 10.4 Å². The number of hydrogen-bond acceptors (Lipinski definition) is 4. The smallest absolute Gasteiger partial charge is 0.244 e. The second-order valence-corrected chi connectivity index (χ2v) is 8.55. The minimum absolute atomic E-state index is 0.0179. The van der Waals surface area contributed by atoms with Gasteiger partial charge in [-0.3, -0.25) is 14.8 Å². The normalized spacial score (nSPS) is 19.0. The lowest BCUT2D eigenvalue weighted by molar-refractivity contribution is -0.141. The Bertz CT molecular complexity index is 702. The van der Waals surface area contributed by atoms with Gasteiger partial charge in [0.25, 0.3) is 0 Å². The van der Waals surface area contributed by atoms with Gasteiger partial charge in [-0.15, -0.1) is 0 Å². The Labute approximate surface area is 175 Å². The monoisotopic (exact) mass is 427 g/mol. The summed E-state index contributed by atoms with van der Waals surface area (Å²) < 4.78 is 0. The molecule has 1 aliphatic carbocycles. The van der Waals surface area contributed by atoms with Crippen molar-refractivity contribution in [3.63, 3.8) is 0 Å². The Morgan fingerprint density at radius 2 is 1.79 bits per heavy atom. The largest absolute Gasteiger partial charge is 0.368 e. The molecule has 1 atom stereocenters. The molecule has 1 heterocycles. The minimum Gasteiger partial charge on any atom is -0.368 e. The van der Waals surface area contributed by atoms with Crippen LogP contribution in [-0.2, 0) is 9.59 Å². The maximum Gasteiger partial charge on any atom is 0.244 e. The zero-order valence-electron chi connectivity index (χ0n) is 15.9. The highest BCUT2D eigenvalue weighted by molar-refractivity contribution is 6.42. The van der Waals surface area contributed by atoms with Crippen LogP contribution in [0.15, 0.2) is 18.2 Å². The van der Waals surface area contributed by atoms with Gasteiger partial charge in [0, 0.05) is 44.2 Å². The van der Waals surface area contributed by atoms with Crippen LogP contribution in [0.4, 0.5) is 5.69 Å². The van der Waals surface area contributed by atoms with E-state index in [-0.39, 0.29) is 18.2 Å². The number of halogens is 2. The molecule has 0 aromatic heterocycles. The minimum atomic E-state index is -0.495. The van der Waals surface area contributed by atoms with E-state index >= 15 is 0 Å². The van der Waals surface area contributed by atoms with Gasteiger partial charge in [0.05, 0.1) is 10.0 Å². The molecule has 1 aliphatic heterocycles. The van der Waals surface area contributed by atoms with Crippen LogP contribution in [0.3, 0.4) is 0 Å². The van der Waals surface area contributed by atoms with Gasteiger partial charge < -0.3 is 9.80 Å². The third kappa shape index (κ3) is 5.31.